The van der Waals surface area contributed by atoms with Gasteiger partial charge in [-0.05, 0) is 36.2 Å². The number of aromatic amines is 1. The molecule has 2 amide bonds. The minimum absolute atomic E-state index is 0.149. The van der Waals surface area contributed by atoms with Crippen molar-refractivity contribution in [3.63, 3.8) is 0 Å². The van der Waals surface area contributed by atoms with Crippen LogP contribution < -0.4 is 10.2 Å². The third-order valence-corrected chi connectivity index (χ3v) is 5.75. The van der Waals surface area contributed by atoms with E-state index in [1.807, 2.05) is 91.9 Å². The Labute approximate surface area is 188 Å². The summed E-state index contributed by atoms with van der Waals surface area (Å²) in [5, 5.41) is 4.04. The van der Waals surface area contributed by atoms with Crippen LogP contribution in [0.3, 0.4) is 0 Å². The Morgan fingerprint density at radius 3 is 2.25 bits per heavy atom. The summed E-state index contributed by atoms with van der Waals surface area (Å²) in [6.07, 6.45) is 0.638. The predicted octanol–water partition coefficient (Wildman–Crippen LogP) is 4.41. The number of carbonyl (C=O) groups is 2. The minimum Gasteiger partial charge on any atom is -0.358 e. The molecular weight excluding hydrogens is 398 g/mol. The number of aryl methyl sites for hydroxylation is 1. The second-order valence-electron chi connectivity index (χ2n) is 7.99. The number of carbonyl (C=O) groups excluding carboxylic acids is 2. The zero-order valence-electron chi connectivity index (χ0n) is 18.3. The molecule has 32 heavy (non-hydrogen) atoms. The van der Waals surface area contributed by atoms with Crippen molar-refractivity contribution >= 4 is 28.4 Å². The largest absolute Gasteiger partial charge is 0.358 e. The van der Waals surface area contributed by atoms with Crippen molar-refractivity contribution in [2.75, 3.05) is 11.9 Å². The van der Waals surface area contributed by atoms with Crippen LogP contribution in [-0.2, 0) is 22.4 Å². The first-order valence-electron chi connectivity index (χ1n) is 10.7. The number of nitrogens with one attached hydrogen (secondary N) is 2. The van der Waals surface area contributed by atoms with Crippen molar-refractivity contribution < 1.29 is 9.59 Å². The molecule has 0 radical (unpaired) electrons. The number of nitrogens with zero attached hydrogens (tertiary/aromatic N) is 1. The third kappa shape index (κ3) is 4.72. The standard InChI is InChI=1S/C27H27N3O2/c1-19-23(22-15-9-10-16-24(22)28-19)18-26(31)29-25(17-20-11-5-3-6-12-20)27(32)30(2)21-13-7-4-8-14-21/h3-16,25,28H,17-18H2,1-2H3,(H,29,31)/t25-/m0/s1. The van der Waals surface area contributed by atoms with Crippen LogP contribution in [0.1, 0.15) is 16.8 Å². The molecule has 4 aromatic rings. The lowest BCUT2D eigenvalue weighted by Gasteiger charge is -2.25. The van der Waals surface area contributed by atoms with Crippen LogP contribution in [0.5, 0.6) is 0 Å². The highest BCUT2D eigenvalue weighted by Gasteiger charge is 2.26. The summed E-state index contributed by atoms with van der Waals surface area (Å²) in [5.41, 5.74) is 4.72. The zero-order valence-corrected chi connectivity index (χ0v) is 18.3. The molecule has 2 N–H and O–H groups in total. The summed E-state index contributed by atoms with van der Waals surface area (Å²) in [6, 6.07) is 26.5. The molecule has 0 aliphatic heterocycles. The summed E-state index contributed by atoms with van der Waals surface area (Å²) in [5.74, 6) is -0.322. The number of likely N-dealkylation sites (N-methyl/N-ethyl adjacent to an activating group) is 1. The fourth-order valence-corrected chi connectivity index (χ4v) is 4.03. The van der Waals surface area contributed by atoms with Crippen molar-refractivity contribution in [3.8, 4) is 0 Å². The Kier molecular flexibility index (Phi) is 6.36. The van der Waals surface area contributed by atoms with Gasteiger partial charge in [0.05, 0.1) is 6.42 Å². The van der Waals surface area contributed by atoms with Crippen molar-refractivity contribution in [3.05, 3.63) is 102 Å². The highest BCUT2D eigenvalue weighted by Crippen LogP contribution is 2.22. The molecule has 1 atom stereocenters. The number of amides is 2. The van der Waals surface area contributed by atoms with E-state index < -0.39 is 6.04 Å². The molecular formula is C27H27N3O2. The lowest BCUT2D eigenvalue weighted by molar-refractivity contribution is -0.127. The number of H-pyrrole nitrogens is 1. The van der Waals surface area contributed by atoms with Gasteiger partial charge in [-0.25, -0.2) is 0 Å². The minimum atomic E-state index is -0.666. The summed E-state index contributed by atoms with van der Waals surface area (Å²) in [4.78, 5) is 31.4. The lowest BCUT2D eigenvalue weighted by atomic mass is 10.0. The average molecular weight is 426 g/mol. The van der Waals surface area contributed by atoms with Crippen molar-refractivity contribution in [1.82, 2.24) is 10.3 Å². The van der Waals surface area contributed by atoms with E-state index in [-0.39, 0.29) is 18.2 Å². The van der Waals surface area contributed by atoms with Gasteiger partial charge in [0.15, 0.2) is 0 Å². The summed E-state index contributed by atoms with van der Waals surface area (Å²) >= 11 is 0. The molecule has 0 spiro atoms. The maximum atomic E-state index is 13.4. The Hall–Kier alpha value is -3.86. The summed E-state index contributed by atoms with van der Waals surface area (Å²) in [7, 11) is 1.74. The molecule has 162 valence electrons. The van der Waals surface area contributed by atoms with Crippen LogP contribution in [0, 0.1) is 6.92 Å². The Balaban J connectivity index is 1.56. The Morgan fingerprint density at radius 1 is 0.906 bits per heavy atom. The van der Waals surface area contributed by atoms with E-state index in [2.05, 4.69) is 10.3 Å². The van der Waals surface area contributed by atoms with Gasteiger partial charge < -0.3 is 15.2 Å². The van der Waals surface area contributed by atoms with Crippen molar-refractivity contribution in [2.24, 2.45) is 0 Å². The number of hydrogen-bond donors (Lipinski definition) is 2. The van der Waals surface area contributed by atoms with E-state index in [1.54, 1.807) is 11.9 Å². The molecule has 0 fully saturated rings. The number of hydrogen-bond acceptors (Lipinski definition) is 2. The molecule has 5 heteroatoms. The van der Waals surface area contributed by atoms with Crippen LogP contribution in [0.15, 0.2) is 84.9 Å². The molecule has 0 bridgehead atoms. The number of fused-ring (bicyclic) bond motifs is 1. The fourth-order valence-electron chi connectivity index (χ4n) is 4.03. The molecule has 0 saturated heterocycles. The van der Waals surface area contributed by atoms with E-state index in [1.165, 1.54) is 0 Å². The van der Waals surface area contributed by atoms with Gasteiger partial charge >= 0.3 is 0 Å². The van der Waals surface area contributed by atoms with Gasteiger partial charge in [-0.3, -0.25) is 9.59 Å². The Morgan fingerprint density at radius 2 is 1.53 bits per heavy atom. The van der Waals surface area contributed by atoms with Crippen LogP contribution in [0.4, 0.5) is 5.69 Å². The van der Waals surface area contributed by atoms with E-state index in [0.717, 1.165) is 33.4 Å². The maximum Gasteiger partial charge on any atom is 0.249 e. The van der Waals surface area contributed by atoms with E-state index in [9.17, 15) is 9.59 Å². The topological polar surface area (TPSA) is 65.2 Å². The van der Waals surface area contributed by atoms with Crippen LogP contribution >= 0.6 is 0 Å². The van der Waals surface area contributed by atoms with Gasteiger partial charge in [-0.2, -0.15) is 0 Å². The highest BCUT2D eigenvalue weighted by molar-refractivity contribution is 5.99. The molecule has 1 aromatic heterocycles. The van der Waals surface area contributed by atoms with Gasteiger partial charge in [0.1, 0.15) is 6.04 Å². The van der Waals surface area contributed by atoms with Crippen LogP contribution in [0.25, 0.3) is 10.9 Å². The van der Waals surface area contributed by atoms with Gasteiger partial charge in [-0.15, -0.1) is 0 Å². The molecule has 0 aliphatic rings. The van der Waals surface area contributed by atoms with Crippen LogP contribution in [-0.4, -0.2) is 29.9 Å². The van der Waals surface area contributed by atoms with E-state index >= 15 is 0 Å². The predicted molar refractivity (Wildman–Crippen MR) is 129 cm³/mol. The van der Waals surface area contributed by atoms with Crippen molar-refractivity contribution in [1.29, 1.82) is 0 Å². The summed E-state index contributed by atoms with van der Waals surface area (Å²) in [6.45, 7) is 1.97. The SMILES string of the molecule is Cc1[nH]c2ccccc2c1CC(=O)N[C@@H](Cc1ccccc1)C(=O)N(C)c1ccccc1. The molecule has 1 heterocycles. The molecule has 0 unspecified atom stereocenters. The second kappa shape index (κ2) is 9.52. The normalized spacial score (nSPS) is 11.8. The van der Waals surface area contributed by atoms with E-state index in [4.69, 9.17) is 0 Å². The average Bonchev–Trinajstić information content (AvgIpc) is 3.13. The third-order valence-electron chi connectivity index (χ3n) is 5.75. The first-order valence-corrected chi connectivity index (χ1v) is 10.7. The molecule has 0 saturated carbocycles. The molecule has 3 aromatic carbocycles. The number of anilines is 1. The lowest BCUT2D eigenvalue weighted by Crippen LogP contribution is -2.49. The number of rotatable bonds is 7. The Bertz CT molecular complexity index is 1220. The van der Waals surface area contributed by atoms with Crippen LogP contribution in [0.2, 0.25) is 0 Å². The zero-order chi connectivity index (χ0) is 22.5. The van der Waals surface area contributed by atoms with Gasteiger partial charge in [0.2, 0.25) is 11.8 Å². The fraction of sp³-hybridized carbons (Fsp3) is 0.185. The number of aromatic nitrogens is 1. The highest BCUT2D eigenvalue weighted by atomic mass is 16.2. The second-order valence-corrected chi connectivity index (χ2v) is 7.99. The first-order chi connectivity index (χ1) is 15.5. The maximum absolute atomic E-state index is 13.4. The molecule has 4 rings (SSSR count). The number of benzene rings is 3. The monoisotopic (exact) mass is 425 g/mol. The first kappa shape index (κ1) is 21.4. The smallest absolute Gasteiger partial charge is 0.249 e. The van der Waals surface area contributed by atoms with Gasteiger partial charge in [-0.1, -0.05) is 66.7 Å². The van der Waals surface area contributed by atoms with Crippen molar-refractivity contribution in [2.45, 2.75) is 25.8 Å². The number of para-hydroxylation sites is 2. The molecule has 0 aliphatic carbocycles. The van der Waals surface area contributed by atoms with E-state index in [0.29, 0.717) is 6.42 Å². The quantitative estimate of drug-likeness (QED) is 0.461. The van der Waals surface area contributed by atoms with Gasteiger partial charge in [0.25, 0.3) is 0 Å². The molecule has 5 nitrogen and oxygen atoms in total. The van der Waals surface area contributed by atoms with Gasteiger partial charge in [0, 0.05) is 35.8 Å². The summed E-state index contributed by atoms with van der Waals surface area (Å²) < 4.78 is 0.